The molecule has 0 heterocycles. The monoisotopic (exact) mass is 269 g/mol. The summed E-state index contributed by atoms with van der Waals surface area (Å²) in [5.74, 6) is 0.922. The highest BCUT2D eigenvalue weighted by Crippen LogP contribution is 2.22. The molecule has 1 N–H and O–H groups in total. The first-order valence-electron chi connectivity index (χ1n) is 7.14. The number of nitrogens with one attached hydrogen (secondary N) is 1. The first-order valence-corrected chi connectivity index (χ1v) is 7.14. The minimum atomic E-state index is 0.212. The van der Waals surface area contributed by atoms with E-state index < -0.39 is 0 Å². The van der Waals surface area contributed by atoms with Crippen molar-refractivity contribution in [2.75, 3.05) is 5.32 Å². The quantitative estimate of drug-likeness (QED) is 0.828. The van der Waals surface area contributed by atoms with Gasteiger partial charge in [0.05, 0.1) is 6.10 Å². The first kappa shape index (κ1) is 14.4. The summed E-state index contributed by atoms with van der Waals surface area (Å²) < 4.78 is 5.66. The maximum absolute atomic E-state index is 5.66. The van der Waals surface area contributed by atoms with E-state index in [0.717, 1.165) is 11.4 Å². The van der Waals surface area contributed by atoms with E-state index in [1.165, 1.54) is 11.1 Å². The Hall–Kier alpha value is -1.96. The molecule has 0 spiro atoms. The van der Waals surface area contributed by atoms with Gasteiger partial charge in [0.1, 0.15) is 5.75 Å². The Labute approximate surface area is 121 Å². The van der Waals surface area contributed by atoms with E-state index in [2.05, 4.69) is 55.6 Å². The molecule has 2 aromatic carbocycles. The van der Waals surface area contributed by atoms with E-state index in [4.69, 9.17) is 4.74 Å². The molecule has 0 saturated carbocycles. The molecule has 0 aliphatic heterocycles. The van der Waals surface area contributed by atoms with Crippen LogP contribution in [0.25, 0.3) is 0 Å². The van der Waals surface area contributed by atoms with E-state index in [9.17, 15) is 0 Å². The van der Waals surface area contributed by atoms with Gasteiger partial charge in [0.15, 0.2) is 0 Å². The maximum atomic E-state index is 5.66. The van der Waals surface area contributed by atoms with Crippen molar-refractivity contribution in [3.8, 4) is 5.75 Å². The molecule has 0 bridgehead atoms. The van der Waals surface area contributed by atoms with Crippen molar-refractivity contribution in [2.24, 2.45) is 0 Å². The summed E-state index contributed by atoms with van der Waals surface area (Å²) >= 11 is 0. The summed E-state index contributed by atoms with van der Waals surface area (Å²) in [6.45, 7) is 8.34. The molecule has 0 aliphatic rings. The highest BCUT2D eigenvalue weighted by Gasteiger charge is 2.06. The Kier molecular flexibility index (Phi) is 4.67. The lowest BCUT2D eigenvalue weighted by atomic mass is 10.1. The van der Waals surface area contributed by atoms with Crippen LogP contribution in [-0.4, -0.2) is 6.10 Å². The van der Waals surface area contributed by atoms with Gasteiger partial charge in [0.2, 0.25) is 0 Å². The Bertz CT molecular complexity index is 528. The van der Waals surface area contributed by atoms with E-state index in [-0.39, 0.29) is 12.1 Å². The summed E-state index contributed by atoms with van der Waals surface area (Å²) in [5.41, 5.74) is 3.67. The fourth-order valence-electron chi connectivity index (χ4n) is 2.09. The van der Waals surface area contributed by atoms with E-state index in [0.29, 0.717) is 0 Å². The lowest BCUT2D eigenvalue weighted by Crippen LogP contribution is -2.08. The average molecular weight is 269 g/mol. The van der Waals surface area contributed by atoms with Gasteiger partial charge in [-0.2, -0.15) is 0 Å². The van der Waals surface area contributed by atoms with Crippen molar-refractivity contribution in [1.29, 1.82) is 0 Å². The number of aryl methyl sites for hydroxylation is 1. The van der Waals surface area contributed by atoms with Crippen molar-refractivity contribution in [3.05, 3.63) is 59.7 Å². The minimum absolute atomic E-state index is 0.212. The fourth-order valence-corrected chi connectivity index (χ4v) is 2.09. The van der Waals surface area contributed by atoms with Crippen LogP contribution in [0.1, 0.15) is 37.9 Å². The van der Waals surface area contributed by atoms with E-state index in [1.807, 2.05) is 26.0 Å². The lowest BCUT2D eigenvalue weighted by Gasteiger charge is -2.17. The highest BCUT2D eigenvalue weighted by atomic mass is 16.5. The van der Waals surface area contributed by atoms with Gasteiger partial charge in [-0.15, -0.1) is 0 Å². The van der Waals surface area contributed by atoms with Gasteiger partial charge in [0, 0.05) is 11.7 Å². The Morgan fingerprint density at radius 1 is 0.850 bits per heavy atom. The van der Waals surface area contributed by atoms with Crippen LogP contribution >= 0.6 is 0 Å². The van der Waals surface area contributed by atoms with Crippen LogP contribution < -0.4 is 10.1 Å². The van der Waals surface area contributed by atoms with Gasteiger partial charge < -0.3 is 10.1 Å². The zero-order valence-electron chi connectivity index (χ0n) is 12.7. The van der Waals surface area contributed by atoms with Crippen molar-refractivity contribution in [1.82, 2.24) is 0 Å². The van der Waals surface area contributed by atoms with Crippen molar-refractivity contribution < 1.29 is 4.74 Å². The van der Waals surface area contributed by atoms with Crippen LogP contribution in [0.4, 0.5) is 5.69 Å². The zero-order chi connectivity index (χ0) is 14.5. The second kappa shape index (κ2) is 6.47. The molecule has 0 saturated heterocycles. The van der Waals surface area contributed by atoms with Gasteiger partial charge in [-0.1, -0.05) is 29.8 Å². The summed E-state index contributed by atoms with van der Waals surface area (Å²) in [4.78, 5) is 0. The number of rotatable bonds is 5. The first-order chi connectivity index (χ1) is 9.54. The molecule has 1 atom stereocenters. The molecule has 0 amide bonds. The third-order valence-corrected chi connectivity index (χ3v) is 3.19. The molecule has 0 aromatic heterocycles. The van der Waals surface area contributed by atoms with Gasteiger partial charge in [-0.3, -0.25) is 0 Å². The van der Waals surface area contributed by atoms with Gasteiger partial charge in [0.25, 0.3) is 0 Å². The zero-order valence-corrected chi connectivity index (χ0v) is 12.7. The lowest BCUT2D eigenvalue weighted by molar-refractivity contribution is 0.242. The fraction of sp³-hybridized carbons (Fsp3) is 0.333. The molecule has 2 nitrogen and oxygen atoms in total. The molecule has 20 heavy (non-hydrogen) atoms. The topological polar surface area (TPSA) is 21.3 Å². The molecule has 2 rings (SSSR count). The number of hydrogen-bond donors (Lipinski definition) is 1. The summed E-state index contributed by atoms with van der Waals surface area (Å²) in [5, 5.41) is 3.50. The molecule has 0 fully saturated rings. The Morgan fingerprint density at radius 3 is 2.00 bits per heavy atom. The third-order valence-electron chi connectivity index (χ3n) is 3.19. The molecule has 1 unspecified atom stereocenters. The molecular formula is C18H23NO. The highest BCUT2D eigenvalue weighted by molar-refractivity contribution is 5.46. The molecule has 106 valence electrons. The SMILES string of the molecule is Cc1ccc(NC(C)c2ccc(OC(C)C)cc2)cc1. The maximum Gasteiger partial charge on any atom is 0.119 e. The predicted octanol–water partition coefficient (Wildman–Crippen LogP) is 4.96. The van der Waals surface area contributed by atoms with E-state index in [1.54, 1.807) is 0 Å². The minimum Gasteiger partial charge on any atom is -0.491 e. The van der Waals surface area contributed by atoms with Gasteiger partial charge >= 0.3 is 0 Å². The number of benzene rings is 2. The second-order valence-electron chi connectivity index (χ2n) is 5.47. The standard InChI is InChI=1S/C18H23NO/c1-13(2)20-18-11-7-16(8-12-18)15(4)19-17-9-5-14(3)6-10-17/h5-13,15,19H,1-4H3. The van der Waals surface area contributed by atoms with Crippen molar-refractivity contribution >= 4 is 5.69 Å². The Balaban J connectivity index is 2.01. The largest absolute Gasteiger partial charge is 0.491 e. The second-order valence-corrected chi connectivity index (χ2v) is 5.47. The third kappa shape index (κ3) is 4.02. The summed E-state index contributed by atoms with van der Waals surface area (Å²) in [7, 11) is 0. The van der Waals surface area contributed by atoms with Crippen molar-refractivity contribution in [3.63, 3.8) is 0 Å². The van der Waals surface area contributed by atoms with Crippen LogP contribution in [0, 0.1) is 6.92 Å². The van der Waals surface area contributed by atoms with Gasteiger partial charge in [-0.05, 0) is 57.5 Å². The average Bonchev–Trinajstić information content (AvgIpc) is 2.41. The number of anilines is 1. The molecule has 2 heteroatoms. The normalized spacial score (nSPS) is 12.2. The molecule has 2 aromatic rings. The van der Waals surface area contributed by atoms with E-state index >= 15 is 0 Å². The van der Waals surface area contributed by atoms with Crippen LogP contribution in [0.15, 0.2) is 48.5 Å². The smallest absolute Gasteiger partial charge is 0.119 e. The molecule has 0 aliphatic carbocycles. The number of ether oxygens (including phenoxy) is 1. The van der Waals surface area contributed by atoms with Crippen molar-refractivity contribution in [2.45, 2.75) is 39.8 Å². The van der Waals surface area contributed by atoms with Gasteiger partial charge in [-0.25, -0.2) is 0 Å². The van der Waals surface area contributed by atoms with Crippen LogP contribution in [-0.2, 0) is 0 Å². The summed E-state index contributed by atoms with van der Waals surface area (Å²) in [6, 6.07) is 17.0. The van der Waals surface area contributed by atoms with Crippen LogP contribution in [0.5, 0.6) is 5.75 Å². The van der Waals surface area contributed by atoms with Crippen LogP contribution in [0.2, 0.25) is 0 Å². The predicted molar refractivity (Wildman–Crippen MR) is 85.4 cm³/mol. The van der Waals surface area contributed by atoms with Crippen LogP contribution in [0.3, 0.4) is 0 Å². The number of hydrogen-bond acceptors (Lipinski definition) is 2. The Morgan fingerprint density at radius 2 is 1.45 bits per heavy atom. The summed E-state index contributed by atoms with van der Waals surface area (Å²) in [6.07, 6.45) is 0.212. The molecule has 0 radical (unpaired) electrons. The molecular weight excluding hydrogens is 246 g/mol.